The van der Waals surface area contributed by atoms with Crippen molar-refractivity contribution in [3.8, 4) is 0 Å². The first kappa shape index (κ1) is 12.4. The molecule has 2 heterocycles. The van der Waals surface area contributed by atoms with Crippen LogP contribution in [0.25, 0.3) is 0 Å². The summed E-state index contributed by atoms with van der Waals surface area (Å²) in [6.07, 6.45) is 1.38. The van der Waals surface area contributed by atoms with Gasteiger partial charge in [0, 0.05) is 20.1 Å². The molecule has 0 aliphatic carbocycles. The molecule has 0 bridgehead atoms. The van der Waals surface area contributed by atoms with Gasteiger partial charge in [-0.25, -0.2) is 18.4 Å². The first-order valence-electron chi connectivity index (χ1n) is 5.17. The van der Waals surface area contributed by atoms with Gasteiger partial charge in [-0.1, -0.05) is 11.6 Å². The number of sulfone groups is 1. The van der Waals surface area contributed by atoms with E-state index in [0.29, 0.717) is 29.7 Å². The van der Waals surface area contributed by atoms with Gasteiger partial charge in [0.2, 0.25) is 0 Å². The number of aromatic nitrogens is 2. The van der Waals surface area contributed by atoms with Gasteiger partial charge in [-0.3, -0.25) is 0 Å². The van der Waals surface area contributed by atoms with Crippen LogP contribution in [0.4, 0.5) is 11.5 Å². The van der Waals surface area contributed by atoms with Crippen molar-refractivity contribution >= 4 is 32.9 Å². The fraction of sp³-hybridized carbons (Fsp3) is 0.556. The second-order valence-corrected chi connectivity index (χ2v) is 6.41. The topological polar surface area (TPSA) is 75.2 Å². The quantitative estimate of drug-likeness (QED) is 0.789. The van der Waals surface area contributed by atoms with Gasteiger partial charge in [0.25, 0.3) is 0 Å². The van der Waals surface area contributed by atoms with E-state index in [4.69, 9.17) is 11.6 Å². The second kappa shape index (κ2) is 4.66. The highest BCUT2D eigenvalue weighted by molar-refractivity contribution is 7.91. The van der Waals surface area contributed by atoms with E-state index in [-0.39, 0.29) is 11.5 Å². The van der Waals surface area contributed by atoms with Crippen LogP contribution >= 0.6 is 11.6 Å². The van der Waals surface area contributed by atoms with E-state index >= 15 is 0 Å². The normalized spacial score (nSPS) is 19.1. The van der Waals surface area contributed by atoms with E-state index in [0.717, 1.165) is 0 Å². The van der Waals surface area contributed by atoms with E-state index in [1.807, 2.05) is 4.90 Å². The lowest BCUT2D eigenvalue weighted by molar-refractivity contribution is 0.586. The Hall–Kier alpha value is -1.08. The zero-order chi connectivity index (χ0) is 12.5. The predicted octanol–water partition coefficient (Wildman–Crippen LogP) is 0.406. The molecule has 1 N–H and O–H groups in total. The van der Waals surface area contributed by atoms with E-state index in [2.05, 4.69) is 15.3 Å². The molecule has 0 saturated carbocycles. The Kier molecular flexibility index (Phi) is 3.39. The number of nitrogens with one attached hydrogen (secondary N) is 1. The zero-order valence-electron chi connectivity index (χ0n) is 9.35. The summed E-state index contributed by atoms with van der Waals surface area (Å²) in [6, 6.07) is 0. The summed E-state index contributed by atoms with van der Waals surface area (Å²) >= 11 is 5.95. The van der Waals surface area contributed by atoms with Crippen LogP contribution in [0.5, 0.6) is 0 Å². The summed E-state index contributed by atoms with van der Waals surface area (Å²) in [5.41, 5.74) is 0.633. The Morgan fingerprint density at radius 1 is 1.35 bits per heavy atom. The molecule has 1 aliphatic rings. The maximum Gasteiger partial charge on any atom is 0.157 e. The van der Waals surface area contributed by atoms with Crippen LogP contribution in [0.3, 0.4) is 0 Å². The Balaban J connectivity index is 2.27. The standard InChI is InChI=1S/C9H13ClN4O2S/c1-11-7-8(10)12-6-13-9(7)14-2-4-17(15,16)5-3-14/h6,11H,2-5H2,1H3. The van der Waals surface area contributed by atoms with E-state index in [1.165, 1.54) is 6.33 Å². The fourth-order valence-electron chi connectivity index (χ4n) is 1.73. The van der Waals surface area contributed by atoms with Gasteiger partial charge in [0.05, 0.1) is 11.5 Å². The van der Waals surface area contributed by atoms with Crippen molar-refractivity contribution in [2.75, 3.05) is 41.9 Å². The molecule has 8 heteroatoms. The van der Waals surface area contributed by atoms with Crippen LogP contribution < -0.4 is 10.2 Å². The molecule has 0 radical (unpaired) electrons. The third kappa shape index (κ3) is 2.61. The first-order valence-corrected chi connectivity index (χ1v) is 7.37. The molecular weight excluding hydrogens is 264 g/mol. The second-order valence-electron chi connectivity index (χ2n) is 3.75. The van der Waals surface area contributed by atoms with Gasteiger partial charge in [-0.2, -0.15) is 0 Å². The molecule has 94 valence electrons. The molecule has 0 amide bonds. The lowest BCUT2D eigenvalue weighted by atomic mass is 10.4. The largest absolute Gasteiger partial charge is 0.383 e. The minimum atomic E-state index is -2.89. The summed E-state index contributed by atoms with van der Waals surface area (Å²) in [7, 11) is -1.16. The van der Waals surface area contributed by atoms with E-state index < -0.39 is 9.84 Å². The van der Waals surface area contributed by atoms with Crippen molar-refractivity contribution < 1.29 is 8.42 Å². The third-order valence-electron chi connectivity index (χ3n) is 2.67. The highest BCUT2D eigenvalue weighted by atomic mass is 35.5. The molecule has 2 rings (SSSR count). The number of halogens is 1. The van der Waals surface area contributed by atoms with Crippen LogP contribution in [-0.2, 0) is 9.84 Å². The molecule has 0 atom stereocenters. The Morgan fingerprint density at radius 3 is 2.59 bits per heavy atom. The lowest BCUT2D eigenvalue weighted by Gasteiger charge is -2.29. The summed E-state index contributed by atoms with van der Waals surface area (Å²) in [6.45, 7) is 0.870. The SMILES string of the molecule is CNc1c(Cl)ncnc1N1CCS(=O)(=O)CC1. The first-order chi connectivity index (χ1) is 8.03. The molecule has 1 fully saturated rings. The van der Waals surface area contributed by atoms with Crippen molar-refractivity contribution in [3.63, 3.8) is 0 Å². The lowest BCUT2D eigenvalue weighted by Crippen LogP contribution is -2.41. The number of rotatable bonds is 2. The van der Waals surface area contributed by atoms with Crippen LogP contribution in [0, 0.1) is 0 Å². The minimum Gasteiger partial charge on any atom is -0.383 e. The molecular formula is C9H13ClN4O2S. The van der Waals surface area contributed by atoms with Gasteiger partial charge < -0.3 is 10.2 Å². The summed E-state index contributed by atoms with van der Waals surface area (Å²) < 4.78 is 22.7. The molecule has 1 aliphatic heterocycles. The fourth-order valence-corrected chi connectivity index (χ4v) is 3.16. The van der Waals surface area contributed by atoms with Crippen molar-refractivity contribution in [2.24, 2.45) is 0 Å². The van der Waals surface area contributed by atoms with E-state index in [1.54, 1.807) is 7.05 Å². The van der Waals surface area contributed by atoms with E-state index in [9.17, 15) is 8.42 Å². The summed E-state index contributed by atoms with van der Waals surface area (Å²) in [5.74, 6) is 0.956. The van der Waals surface area contributed by atoms with Crippen LogP contribution in [0.15, 0.2) is 6.33 Å². The van der Waals surface area contributed by atoms with Crippen molar-refractivity contribution in [1.82, 2.24) is 9.97 Å². The van der Waals surface area contributed by atoms with Gasteiger partial charge in [0.15, 0.2) is 20.8 Å². The van der Waals surface area contributed by atoms with Crippen molar-refractivity contribution in [2.45, 2.75) is 0 Å². The maximum atomic E-state index is 11.3. The molecule has 6 nitrogen and oxygen atoms in total. The molecule has 0 aromatic carbocycles. The molecule has 0 unspecified atom stereocenters. The Bertz CT molecular complexity index is 506. The maximum absolute atomic E-state index is 11.3. The number of anilines is 2. The van der Waals surface area contributed by atoms with Crippen LogP contribution in [0.2, 0.25) is 5.15 Å². The smallest absolute Gasteiger partial charge is 0.157 e. The Labute approximate surface area is 105 Å². The monoisotopic (exact) mass is 276 g/mol. The minimum absolute atomic E-state index is 0.151. The van der Waals surface area contributed by atoms with Gasteiger partial charge >= 0.3 is 0 Å². The predicted molar refractivity (Wildman–Crippen MR) is 67.5 cm³/mol. The van der Waals surface area contributed by atoms with Gasteiger partial charge in [0.1, 0.15) is 12.0 Å². The number of nitrogens with zero attached hydrogens (tertiary/aromatic N) is 3. The third-order valence-corrected chi connectivity index (χ3v) is 4.57. The molecule has 17 heavy (non-hydrogen) atoms. The van der Waals surface area contributed by atoms with Crippen molar-refractivity contribution in [3.05, 3.63) is 11.5 Å². The number of hydrogen-bond acceptors (Lipinski definition) is 6. The summed E-state index contributed by atoms with van der Waals surface area (Å²) in [4.78, 5) is 9.94. The highest BCUT2D eigenvalue weighted by Gasteiger charge is 2.24. The van der Waals surface area contributed by atoms with Gasteiger partial charge in [-0.15, -0.1) is 0 Å². The average Bonchev–Trinajstić information content (AvgIpc) is 2.29. The molecule has 1 aromatic heterocycles. The molecule has 0 spiro atoms. The molecule has 1 saturated heterocycles. The van der Waals surface area contributed by atoms with Crippen LogP contribution in [-0.4, -0.2) is 50.0 Å². The highest BCUT2D eigenvalue weighted by Crippen LogP contribution is 2.29. The summed E-state index contributed by atoms with van der Waals surface area (Å²) in [5, 5.41) is 3.27. The number of hydrogen-bond donors (Lipinski definition) is 1. The van der Waals surface area contributed by atoms with Crippen molar-refractivity contribution in [1.29, 1.82) is 0 Å². The Morgan fingerprint density at radius 2 is 2.00 bits per heavy atom. The zero-order valence-corrected chi connectivity index (χ0v) is 10.9. The molecule has 1 aromatic rings. The average molecular weight is 277 g/mol. The van der Waals surface area contributed by atoms with Crippen LogP contribution in [0.1, 0.15) is 0 Å². The van der Waals surface area contributed by atoms with Gasteiger partial charge in [-0.05, 0) is 0 Å².